The Morgan fingerprint density at radius 1 is 1.14 bits per heavy atom. The van der Waals surface area contributed by atoms with Crippen LogP contribution >= 0.6 is 0 Å². The Labute approximate surface area is 126 Å². The predicted molar refractivity (Wildman–Crippen MR) is 79.2 cm³/mol. The van der Waals surface area contributed by atoms with Crippen LogP contribution in [0.15, 0.2) is 0 Å². The first-order valence-corrected chi connectivity index (χ1v) is 8.45. The molecule has 1 N–H and O–H groups in total. The standard InChI is InChI=1S/C16H29F3N2/c1-3-21-10-4-5-13(11-21)12(2)20-15-8-6-14(7-9-15)16(17,18)19/h12-15,20H,3-11H2,1-2H3. The zero-order valence-electron chi connectivity index (χ0n) is 13.3. The molecule has 0 aromatic carbocycles. The Morgan fingerprint density at radius 2 is 1.81 bits per heavy atom. The SMILES string of the molecule is CCN1CCCC(C(C)NC2CCC(C(F)(F)F)CC2)C1. The molecule has 0 amide bonds. The molecule has 2 fully saturated rings. The van der Waals surface area contributed by atoms with E-state index in [1.165, 1.54) is 19.4 Å². The summed E-state index contributed by atoms with van der Waals surface area (Å²) in [5.74, 6) is -0.435. The second-order valence-corrected chi connectivity index (χ2v) is 6.84. The van der Waals surface area contributed by atoms with Crippen molar-refractivity contribution in [2.45, 2.75) is 70.6 Å². The third kappa shape index (κ3) is 4.85. The second kappa shape index (κ2) is 7.32. The normalized spacial score (nSPS) is 33.9. The van der Waals surface area contributed by atoms with E-state index in [-0.39, 0.29) is 6.04 Å². The summed E-state index contributed by atoms with van der Waals surface area (Å²) in [5.41, 5.74) is 0. The molecule has 1 aliphatic carbocycles. The molecular weight excluding hydrogens is 277 g/mol. The third-order valence-electron chi connectivity index (χ3n) is 5.38. The second-order valence-electron chi connectivity index (χ2n) is 6.84. The van der Waals surface area contributed by atoms with Gasteiger partial charge in [0.15, 0.2) is 0 Å². The van der Waals surface area contributed by atoms with Gasteiger partial charge >= 0.3 is 6.18 Å². The van der Waals surface area contributed by atoms with E-state index in [9.17, 15) is 13.2 Å². The Kier molecular flexibility index (Phi) is 5.95. The van der Waals surface area contributed by atoms with E-state index in [0.29, 0.717) is 37.6 Å². The van der Waals surface area contributed by atoms with Gasteiger partial charge in [-0.3, -0.25) is 0 Å². The number of likely N-dealkylation sites (tertiary alicyclic amines) is 1. The molecule has 2 unspecified atom stereocenters. The van der Waals surface area contributed by atoms with Gasteiger partial charge in [0.1, 0.15) is 0 Å². The van der Waals surface area contributed by atoms with Gasteiger partial charge in [-0.15, -0.1) is 0 Å². The van der Waals surface area contributed by atoms with Crippen molar-refractivity contribution < 1.29 is 13.2 Å². The minimum absolute atomic E-state index is 0.274. The molecule has 21 heavy (non-hydrogen) atoms. The van der Waals surface area contributed by atoms with Crippen LogP contribution < -0.4 is 5.32 Å². The molecule has 0 aromatic rings. The predicted octanol–water partition coefficient (Wildman–Crippen LogP) is 3.82. The molecule has 0 radical (unpaired) electrons. The van der Waals surface area contributed by atoms with Crippen LogP contribution in [0.2, 0.25) is 0 Å². The molecule has 0 bridgehead atoms. The van der Waals surface area contributed by atoms with Crippen LogP contribution in [0, 0.1) is 11.8 Å². The van der Waals surface area contributed by atoms with Gasteiger partial charge in [-0.05, 0) is 64.5 Å². The third-order valence-corrected chi connectivity index (χ3v) is 5.38. The number of piperidine rings is 1. The summed E-state index contributed by atoms with van der Waals surface area (Å²) in [6, 6.07) is 0.683. The smallest absolute Gasteiger partial charge is 0.311 e. The zero-order valence-corrected chi connectivity index (χ0v) is 13.3. The van der Waals surface area contributed by atoms with Crippen molar-refractivity contribution in [2.24, 2.45) is 11.8 Å². The summed E-state index contributed by atoms with van der Waals surface area (Å²) in [7, 11) is 0. The summed E-state index contributed by atoms with van der Waals surface area (Å²) in [6.45, 7) is 7.82. The van der Waals surface area contributed by atoms with Crippen molar-refractivity contribution in [3.05, 3.63) is 0 Å². The van der Waals surface area contributed by atoms with E-state index in [1.54, 1.807) is 0 Å². The lowest BCUT2D eigenvalue weighted by atomic mass is 9.84. The lowest BCUT2D eigenvalue weighted by Crippen LogP contribution is -2.48. The summed E-state index contributed by atoms with van der Waals surface area (Å²) in [4.78, 5) is 2.48. The van der Waals surface area contributed by atoms with Crippen LogP contribution in [0.5, 0.6) is 0 Å². The van der Waals surface area contributed by atoms with E-state index in [0.717, 1.165) is 13.1 Å². The number of rotatable bonds is 4. The van der Waals surface area contributed by atoms with Gasteiger partial charge in [0.2, 0.25) is 0 Å². The van der Waals surface area contributed by atoms with Crippen LogP contribution in [0.3, 0.4) is 0 Å². The van der Waals surface area contributed by atoms with Crippen molar-refractivity contribution in [2.75, 3.05) is 19.6 Å². The maximum Gasteiger partial charge on any atom is 0.391 e. The highest BCUT2D eigenvalue weighted by Crippen LogP contribution is 2.37. The van der Waals surface area contributed by atoms with Crippen LogP contribution in [0.25, 0.3) is 0 Å². The van der Waals surface area contributed by atoms with Crippen LogP contribution in [0.4, 0.5) is 13.2 Å². The van der Waals surface area contributed by atoms with E-state index in [1.807, 2.05) is 0 Å². The number of alkyl halides is 3. The fourth-order valence-electron chi connectivity index (χ4n) is 3.88. The van der Waals surface area contributed by atoms with Gasteiger partial charge in [-0.25, -0.2) is 0 Å². The number of hydrogen-bond acceptors (Lipinski definition) is 2. The van der Waals surface area contributed by atoms with E-state index < -0.39 is 12.1 Å². The van der Waals surface area contributed by atoms with Gasteiger partial charge in [-0.1, -0.05) is 6.92 Å². The van der Waals surface area contributed by atoms with Gasteiger partial charge in [0, 0.05) is 18.6 Å². The maximum atomic E-state index is 12.7. The molecule has 2 aliphatic rings. The van der Waals surface area contributed by atoms with Gasteiger partial charge in [0.25, 0.3) is 0 Å². The van der Waals surface area contributed by atoms with Gasteiger partial charge in [0.05, 0.1) is 5.92 Å². The average molecular weight is 306 g/mol. The Morgan fingerprint density at radius 3 is 2.38 bits per heavy atom. The lowest BCUT2D eigenvalue weighted by Gasteiger charge is -2.38. The fourth-order valence-corrected chi connectivity index (χ4v) is 3.88. The summed E-state index contributed by atoms with van der Waals surface area (Å²) in [5, 5.41) is 3.61. The molecule has 2 nitrogen and oxygen atoms in total. The van der Waals surface area contributed by atoms with Gasteiger partial charge in [-0.2, -0.15) is 13.2 Å². The molecule has 1 heterocycles. The Bertz CT molecular complexity index is 311. The van der Waals surface area contributed by atoms with Crippen molar-refractivity contribution in [1.82, 2.24) is 10.2 Å². The monoisotopic (exact) mass is 306 g/mol. The highest BCUT2D eigenvalue weighted by Gasteiger charge is 2.41. The number of halogens is 3. The van der Waals surface area contributed by atoms with Crippen molar-refractivity contribution >= 4 is 0 Å². The number of nitrogens with one attached hydrogen (secondary N) is 1. The largest absolute Gasteiger partial charge is 0.391 e. The minimum atomic E-state index is -4.00. The fraction of sp³-hybridized carbons (Fsp3) is 1.00. The summed E-state index contributed by atoms with van der Waals surface area (Å²) < 4.78 is 38.0. The highest BCUT2D eigenvalue weighted by molar-refractivity contribution is 4.86. The first-order chi connectivity index (χ1) is 9.90. The lowest BCUT2D eigenvalue weighted by molar-refractivity contribution is -0.182. The quantitative estimate of drug-likeness (QED) is 0.849. The Hall–Kier alpha value is -0.290. The summed E-state index contributed by atoms with van der Waals surface area (Å²) >= 11 is 0. The van der Waals surface area contributed by atoms with Crippen LogP contribution in [-0.2, 0) is 0 Å². The van der Waals surface area contributed by atoms with Gasteiger partial charge < -0.3 is 10.2 Å². The molecule has 2 rings (SSSR count). The molecule has 1 aliphatic heterocycles. The molecule has 0 spiro atoms. The minimum Gasteiger partial charge on any atom is -0.311 e. The van der Waals surface area contributed by atoms with E-state index >= 15 is 0 Å². The molecule has 1 saturated heterocycles. The molecule has 2 atom stereocenters. The molecule has 0 aromatic heterocycles. The number of nitrogens with zero attached hydrogens (tertiary/aromatic N) is 1. The van der Waals surface area contributed by atoms with Crippen LogP contribution in [0.1, 0.15) is 52.4 Å². The van der Waals surface area contributed by atoms with E-state index in [2.05, 4.69) is 24.1 Å². The molecule has 5 heteroatoms. The zero-order chi connectivity index (χ0) is 15.5. The number of hydrogen-bond donors (Lipinski definition) is 1. The highest BCUT2D eigenvalue weighted by atomic mass is 19.4. The van der Waals surface area contributed by atoms with Crippen molar-refractivity contribution in [1.29, 1.82) is 0 Å². The average Bonchev–Trinajstić information content (AvgIpc) is 2.47. The maximum absolute atomic E-state index is 12.7. The Balaban J connectivity index is 1.75. The molecule has 1 saturated carbocycles. The van der Waals surface area contributed by atoms with Crippen molar-refractivity contribution in [3.8, 4) is 0 Å². The van der Waals surface area contributed by atoms with Crippen molar-refractivity contribution in [3.63, 3.8) is 0 Å². The molecule has 124 valence electrons. The van der Waals surface area contributed by atoms with E-state index in [4.69, 9.17) is 0 Å². The topological polar surface area (TPSA) is 15.3 Å². The first kappa shape index (κ1) is 17.1. The first-order valence-electron chi connectivity index (χ1n) is 8.45. The van der Waals surface area contributed by atoms with Crippen LogP contribution in [-0.4, -0.2) is 42.8 Å². The summed E-state index contributed by atoms with van der Waals surface area (Å²) in [6.07, 6.45) is 0.395. The molecular formula is C16H29F3N2.